The number of halogens is 5. The first-order valence-corrected chi connectivity index (χ1v) is 8.72. The van der Waals surface area contributed by atoms with E-state index in [1.807, 2.05) is 30.3 Å². The largest absolute Gasteiger partial charge is 0.454 e. The third-order valence-electron chi connectivity index (χ3n) is 2.11. The van der Waals surface area contributed by atoms with Crippen molar-refractivity contribution in [2.24, 2.45) is 0 Å². The molecular weight excluding hydrogens is 560 g/mol. The van der Waals surface area contributed by atoms with E-state index >= 15 is 0 Å². The Morgan fingerprint density at radius 1 is 0.722 bits per heavy atom. The number of ether oxygens (including phenoxy) is 1. The van der Waals surface area contributed by atoms with Crippen molar-refractivity contribution in [2.75, 3.05) is 0 Å². The van der Waals surface area contributed by atoms with Crippen LogP contribution in [0.5, 0.6) is 11.5 Å². The lowest BCUT2D eigenvalue weighted by Gasteiger charge is -2.12. The lowest BCUT2D eigenvalue weighted by Crippen LogP contribution is -1.89. The SMILES string of the molecule is Brc1ccc(Oc2c(Br)ccc(Br)c2Br)c(Br)c1. The minimum absolute atomic E-state index is 0.729. The Kier molecular flexibility index (Phi) is 5.34. The molecule has 18 heavy (non-hydrogen) atoms. The molecule has 0 N–H and O–H groups in total. The molecule has 6 heteroatoms. The van der Waals surface area contributed by atoms with Crippen molar-refractivity contribution in [1.82, 2.24) is 0 Å². The van der Waals surface area contributed by atoms with Crippen LogP contribution in [0, 0.1) is 0 Å². The van der Waals surface area contributed by atoms with E-state index in [0.717, 1.165) is 33.9 Å². The highest BCUT2D eigenvalue weighted by Crippen LogP contribution is 2.42. The van der Waals surface area contributed by atoms with E-state index in [1.54, 1.807) is 0 Å². The lowest BCUT2D eigenvalue weighted by atomic mass is 10.3. The summed E-state index contributed by atoms with van der Waals surface area (Å²) in [7, 11) is 0. The van der Waals surface area contributed by atoms with Crippen LogP contribution in [-0.2, 0) is 0 Å². The third kappa shape index (κ3) is 3.39. The molecule has 0 unspecified atom stereocenters. The van der Waals surface area contributed by atoms with Crippen LogP contribution in [0.4, 0.5) is 0 Å². The van der Waals surface area contributed by atoms with Crippen LogP contribution in [0.1, 0.15) is 0 Å². The molecule has 0 aliphatic carbocycles. The lowest BCUT2D eigenvalue weighted by molar-refractivity contribution is 0.473. The fourth-order valence-corrected chi connectivity index (χ4v) is 3.81. The summed E-state index contributed by atoms with van der Waals surface area (Å²) in [5.41, 5.74) is 0. The standard InChI is InChI=1S/C12H5Br5O/c13-6-1-4-10(9(16)5-6)18-12-8(15)3-2-7(14)11(12)17/h1-5H. The molecular formula is C12H5Br5O. The van der Waals surface area contributed by atoms with Gasteiger partial charge in [-0.15, -0.1) is 0 Å². The molecule has 0 atom stereocenters. The van der Waals surface area contributed by atoms with Gasteiger partial charge in [0.25, 0.3) is 0 Å². The smallest absolute Gasteiger partial charge is 0.156 e. The molecule has 2 aromatic carbocycles. The highest BCUT2D eigenvalue weighted by molar-refractivity contribution is 9.13. The molecule has 2 rings (SSSR count). The summed E-state index contributed by atoms with van der Waals surface area (Å²) >= 11 is 17.3. The van der Waals surface area contributed by atoms with E-state index in [1.165, 1.54) is 0 Å². The highest BCUT2D eigenvalue weighted by Gasteiger charge is 2.12. The van der Waals surface area contributed by atoms with Crippen molar-refractivity contribution in [3.8, 4) is 11.5 Å². The van der Waals surface area contributed by atoms with Crippen LogP contribution in [0.3, 0.4) is 0 Å². The fraction of sp³-hybridized carbons (Fsp3) is 0. The molecule has 2 aromatic rings. The molecule has 0 aromatic heterocycles. The summed E-state index contributed by atoms with van der Waals surface area (Å²) < 4.78 is 10.5. The highest BCUT2D eigenvalue weighted by atomic mass is 79.9. The van der Waals surface area contributed by atoms with Crippen LogP contribution < -0.4 is 4.74 Å². The first-order valence-electron chi connectivity index (χ1n) is 4.75. The summed E-state index contributed by atoms with van der Waals surface area (Å²) in [4.78, 5) is 0. The van der Waals surface area contributed by atoms with Gasteiger partial charge in [0.1, 0.15) is 5.75 Å². The maximum absolute atomic E-state index is 5.92. The quantitative estimate of drug-likeness (QED) is 0.348. The average Bonchev–Trinajstić information content (AvgIpc) is 2.32. The van der Waals surface area contributed by atoms with Gasteiger partial charge in [0.05, 0.1) is 13.4 Å². The summed E-state index contributed by atoms with van der Waals surface area (Å²) in [5, 5.41) is 0. The van der Waals surface area contributed by atoms with Gasteiger partial charge in [0.15, 0.2) is 5.75 Å². The summed E-state index contributed by atoms with van der Waals surface area (Å²) in [5.74, 6) is 1.48. The Balaban J connectivity index is 2.43. The summed E-state index contributed by atoms with van der Waals surface area (Å²) in [6, 6.07) is 9.64. The molecule has 94 valence electrons. The molecule has 0 bridgehead atoms. The molecule has 0 saturated heterocycles. The van der Waals surface area contributed by atoms with Gasteiger partial charge in [-0.25, -0.2) is 0 Å². The molecule has 0 radical (unpaired) electrons. The van der Waals surface area contributed by atoms with Crippen LogP contribution in [0.25, 0.3) is 0 Å². The van der Waals surface area contributed by atoms with Gasteiger partial charge < -0.3 is 4.74 Å². The van der Waals surface area contributed by atoms with Crippen LogP contribution >= 0.6 is 79.6 Å². The van der Waals surface area contributed by atoms with Gasteiger partial charge in [-0.05, 0) is 94.1 Å². The van der Waals surface area contributed by atoms with Crippen LogP contribution in [0.15, 0.2) is 52.7 Å². The maximum Gasteiger partial charge on any atom is 0.156 e. The summed E-state index contributed by atoms with van der Waals surface area (Å²) in [6.45, 7) is 0. The second-order valence-electron chi connectivity index (χ2n) is 3.35. The topological polar surface area (TPSA) is 9.23 Å². The van der Waals surface area contributed by atoms with Gasteiger partial charge in [-0.2, -0.15) is 0 Å². The van der Waals surface area contributed by atoms with Gasteiger partial charge in [-0.1, -0.05) is 15.9 Å². The Bertz CT molecular complexity index is 597. The Labute approximate surface area is 147 Å². The third-order valence-corrected chi connectivity index (χ3v) is 5.83. The van der Waals surface area contributed by atoms with Crippen LogP contribution in [0.2, 0.25) is 0 Å². The van der Waals surface area contributed by atoms with Gasteiger partial charge >= 0.3 is 0 Å². The second-order valence-corrected chi connectivity index (χ2v) is 7.62. The van der Waals surface area contributed by atoms with E-state index in [0.29, 0.717) is 0 Å². The zero-order valence-corrected chi connectivity index (χ0v) is 16.6. The van der Waals surface area contributed by atoms with Crippen molar-refractivity contribution in [3.63, 3.8) is 0 Å². The number of benzene rings is 2. The zero-order chi connectivity index (χ0) is 13.3. The van der Waals surface area contributed by atoms with Gasteiger partial charge in [0, 0.05) is 8.95 Å². The van der Waals surface area contributed by atoms with Crippen LogP contribution in [-0.4, -0.2) is 0 Å². The number of rotatable bonds is 2. The number of hydrogen-bond acceptors (Lipinski definition) is 1. The van der Waals surface area contributed by atoms with E-state index < -0.39 is 0 Å². The van der Waals surface area contributed by atoms with E-state index in [2.05, 4.69) is 79.6 Å². The molecule has 0 saturated carbocycles. The molecule has 0 spiro atoms. The van der Waals surface area contributed by atoms with E-state index in [4.69, 9.17) is 4.74 Å². The van der Waals surface area contributed by atoms with Crippen molar-refractivity contribution in [1.29, 1.82) is 0 Å². The Morgan fingerprint density at radius 2 is 1.39 bits per heavy atom. The molecule has 1 nitrogen and oxygen atoms in total. The van der Waals surface area contributed by atoms with Crippen molar-refractivity contribution < 1.29 is 4.74 Å². The van der Waals surface area contributed by atoms with Gasteiger partial charge in [-0.3, -0.25) is 0 Å². The molecule has 0 aliphatic rings. The molecule has 0 aliphatic heterocycles. The normalized spacial score (nSPS) is 10.5. The first kappa shape index (κ1) is 15.0. The van der Waals surface area contributed by atoms with Crippen molar-refractivity contribution in [3.05, 3.63) is 52.7 Å². The Hall–Kier alpha value is 0.640. The predicted octanol–water partition coefficient (Wildman–Crippen LogP) is 7.29. The molecule has 0 heterocycles. The van der Waals surface area contributed by atoms with E-state index in [9.17, 15) is 0 Å². The zero-order valence-electron chi connectivity index (χ0n) is 8.68. The minimum atomic E-state index is 0.729. The molecule has 0 fully saturated rings. The Morgan fingerprint density at radius 3 is 2.06 bits per heavy atom. The van der Waals surface area contributed by atoms with Crippen molar-refractivity contribution >= 4 is 79.6 Å². The monoisotopic (exact) mass is 560 g/mol. The molecule has 0 amide bonds. The first-order chi connectivity index (χ1) is 8.49. The van der Waals surface area contributed by atoms with E-state index in [-0.39, 0.29) is 0 Å². The van der Waals surface area contributed by atoms with Gasteiger partial charge in [0.2, 0.25) is 0 Å². The van der Waals surface area contributed by atoms with Crippen molar-refractivity contribution in [2.45, 2.75) is 0 Å². The minimum Gasteiger partial charge on any atom is -0.454 e. The summed E-state index contributed by atoms with van der Waals surface area (Å²) in [6.07, 6.45) is 0. The fourth-order valence-electron chi connectivity index (χ4n) is 1.27. The average molecular weight is 565 g/mol. The maximum atomic E-state index is 5.92. The second kappa shape index (κ2) is 6.39. The number of hydrogen-bond donors (Lipinski definition) is 0. The predicted molar refractivity (Wildman–Crippen MR) is 91.5 cm³/mol.